The van der Waals surface area contributed by atoms with Crippen molar-refractivity contribution >= 4 is 22.8 Å². The molecule has 1 aromatic heterocycles. The van der Waals surface area contributed by atoms with Crippen LogP contribution in [0.25, 0.3) is 11.1 Å². The summed E-state index contributed by atoms with van der Waals surface area (Å²) in [6, 6.07) is 6.84. The van der Waals surface area contributed by atoms with Gasteiger partial charge in [0.05, 0.1) is 13.3 Å². The SMILES string of the molecule is COc1cnc(C(F)F)cc1-c1cc(C2CC2)ccc1C(=O)NC1=NNC(C#CC2CC2)S1. The first-order valence-corrected chi connectivity index (χ1v) is 11.7. The number of nitrogens with zero attached hydrogens (tertiary/aromatic N) is 2. The van der Waals surface area contributed by atoms with E-state index in [9.17, 15) is 13.6 Å². The van der Waals surface area contributed by atoms with Crippen molar-refractivity contribution in [2.45, 2.75) is 43.4 Å². The second-order valence-corrected chi connectivity index (χ2v) is 9.34. The van der Waals surface area contributed by atoms with Crippen LogP contribution >= 0.6 is 11.8 Å². The summed E-state index contributed by atoms with van der Waals surface area (Å²) >= 11 is 1.34. The van der Waals surface area contributed by atoms with Crippen LogP contribution in [0.4, 0.5) is 8.78 Å². The molecule has 1 atom stereocenters. The van der Waals surface area contributed by atoms with E-state index in [1.807, 2.05) is 12.1 Å². The number of ether oxygens (including phenoxy) is 1. The highest BCUT2D eigenvalue weighted by molar-refractivity contribution is 8.14. The number of carbonyl (C=O) groups excluding carboxylic acids is 1. The van der Waals surface area contributed by atoms with Gasteiger partial charge in [0.25, 0.3) is 12.3 Å². The van der Waals surface area contributed by atoms with Crippen LogP contribution in [-0.2, 0) is 0 Å². The van der Waals surface area contributed by atoms with Crippen LogP contribution in [-0.4, -0.2) is 28.5 Å². The first kappa shape index (κ1) is 21.7. The number of benzene rings is 1. The minimum atomic E-state index is -2.73. The number of nitrogens with one attached hydrogen (secondary N) is 2. The molecule has 0 radical (unpaired) electrons. The molecule has 1 aliphatic heterocycles. The van der Waals surface area contributed by atoms with Crippen LogP contribution in [0.2, 0.25) is 0 Å². The Morgan fingerprint density at radius 2 is 2.03 bits per heavy atom. The van der Waals surface area contributed by atoms with E-state index < -0.39 is 6.43 Å². The monoisotopic (exact) mass is 468 g/mol. The minimum Gasteiger partial charge on any atom is -0.494 e. The van der Waals surface area contributed by atoms with Gasteiger partial charge in [0.2, 0.25) is 0 Å². The number of halogens is 2. The number of carbonyl (C=O) groups is 1. The number of pyridine rings is 1. The number of thioether (sulfide) groups is 1. The smallest absolute Gasteiger partial charge is 0.280 e. The van der Waals surface area contributed by atoms with Gasteiger partial charge in [-0.1, -0.05) is 17.9 Å². The molecule has 2 heterocycles. The van der Waals surface area contributed by atoms with Crippen LogP contribution in [0, 0.1) is 17.8 Å². The molecule has 1 aromatic carbocycles. The molecule has 9 heteroatoms. The molecule has 2 saturated carbocycles. The van der Waals surface area contributed by atoms with Crippen molar-refractivity contribution in [3.63, 3.8) is 0 Å². The minimum absolute atomic E-state index is 0.202. The van der Waals surface area contributed by atoms with Crippen LogP contribution in [0.1, 0.15) is 59.6 Å². The van der Waals surface area contributed by atoms with Crippen LogP contribution in [0.5, 0.6) is 5.75 Å². The Balaban J connectivity index is 1.44. The first-order chi connectivity index (χ1) is 16.0. The molecule has 1 unspecified atom stereocenters. The summed E-state index contributed by atoms with van der Waals surface area (Å²) in [5.74, 6) is 7.15. The molecule has 170 valence electrons. The maximum Gasteiger partial charge on any atom is 0.280 e. The Kier molecular flexibility index (Phi) is 5.94. The lowest BCUT2D eigenvalue weighted by Crippen LogP contribution is -2.28. The normalized spacial score (nSPS) is 19.4. The van der Waals surface area contributed by atoms with Gasteiger partial charge in [-0.2, -0.15) is 5.10 Å². The third kappa shape index (κ3) is 4.96. The molecule has 1 amide bonds. The molecular formula is C24H22F2N4O2S. The third-order valence-corrected chi connectivity index (χ3v) is 6.56. The van der Waals surface area contributed by atoms with Crippen LogP contribution < -0.4 is 15.5 Å². The van der Waals surface area contributed by atoms with Crippen molar-refractivity contribution in [3.05, 3.63) is 47.3 Å². The molecule has 2 N–H and O–H groups in total. The van der Waals surface area contributed by atoms with E-state index in [4.69, 9.17) is 4.74 Å². The van der Waals surface area contributed by atoms with Crippen molar-refractivity contribution in [3.8, 4) is 28.7 Å². The second kappa shape index (κ2) is 9.02. The van der Waals surface area contributed by atoms with Gasteiger partial charge in [-0.25, -0.2) is 8.78 Å². The number of aromatic nitrogens is 1. The number of hydrazone groups is 1. The Hall–Kier alpha value is -3.12. The topological polar surface area (TPSA) is 75.6 Å². The Labute approximate surface area is 194 Å². The zero-order chi connectivity index (χ0) is 22.9. The zero-order valence-corrected chi connectivity index (χ0v) is 18.7. The molecule has 2 aliphatic carbocycles. The van der Waals surface area contributed by atoms with Crippen LogP contribution in [0.15, 0.2) is 35.6 Å². The largest absolute Gasteiger partial charge is 0.494 e. The Bertz CT molecular complexity index is 1180. The van der Waals surface area contributed by atoms with Gasteiger partial charge in [0.1, 0.15) is 11.4 Å². The molecule has 0 saturated heterocycles. The van der Waals surface area contributed by atoms with Gasteiger partial charge < -0.3 is 4.74 Å². The number of amidine groups is 1. The highest BCUT2D eigenvalue weighted by Gasteiger charge is 2.28. The third-order valence-electron chi connectivity index (χ3n) is 5.69. The van der Waals surface area contributed by atoms with Crippen molar-refractivity contribution in [1.29, 1.82) is 0 Å². The lowest BCUT2D eigenvalue weighted by molar-refractivity contribution is 0.0978. The maximum absolute atomic E-state index is 13.4. The fourth-order valence-corrected chi connectivity index (χ4v) is 4.30. The molecule has 3 aliphatic rings. The highest BCUT2D eigenvalue weighted by atomic mass is 32.2. The molecule has 6 nitrogen and oxygen atoms in total. The molecule has 2 aromatic rings. The molecule has 0 bridgehead atoms. The number of alkyl halides is 2. The number of amides is 1. The molecule has 2 fully saturated rings. The summed E-state index contributed by atoms with van der Waals surface area (Å²) in [6.45, 7) is 0. The molecule has 5 rings (SSSR count). The van der Waals surface area contributed by atoms with Gasteiger partial charge in [-0.3, -0.25) is 20.5 Å². The van der Waals surface area contributed by atoms with Crippen molar-refractivity contribution in [2.24, 2.45) is 11.0 Å². The highest BCUT2D eigenvalue weighted by Crippen LogP contribution is 2.43. The van der Waals surface area contributed by atoms with Gasteiger partial charge in [-0.15, -0.1) is 0 Å². The van der Waals surface area contributed by atoms with Gasteiger partial charge >= 0.3 is 0 Å². The second-order valence-electron chi connectivity index (χ2n) is 8.25. The number of hydrogen-bond acceptors (Lipinski definition) is 6. The van der Waals surface area contributed by atoms with Gasteiger partial charge in [0.15, 0.2) is 10.5 Å². The van der Waals surface area contributed by atoms with E-state index in [-0.39, 0.29) is 17.0 Å². The van der Waals surface area contributed by atoms with E-state index in [1.54, 1.807) is 6.07 Å². The average molecular weight is 469 g/mol. The van der Waals surface area contributed by atoms with Crippen LogP contribution in [0.3, 0.4) is 0 Å². The average Bonchev–Trinajstić information content (AvgIpc) is 3.76. The van der Waals surface area contributed by atoms with E-state index in [0.29, 0.717) is 39.4 Å². The summed E-state index contributed by atoms with van der Waals surface area (Å²) in [4.78, 5) is 17.0. The number of rotatable bonds is 5. The Morgan fingerprint density at radius 1 is 1.21 bits per heavy atom. The summed E-state index contributed by atoms with van der Waals surface area (Å²) in [6.07, 6.45) is 2.96. The fraction of sp³-hybridized carbons (Fsp3) is 0.375. The predicted molar refractivity (Wildman–Crippen MR) is 123 cm³/mol. The lowest BCUT2D eigenvalue weighted by atomic mass is 9.94. The van der Waals surface area contributed by atoms with E-state index in [0.717, 1.165) is 31.2 Å². The van der Waals surface area contributed by atoms with Crippen molar-refractivity contribution in [1.82, 2.24) is 15.7 Å². The zero-order valence-electron chi connectivity index (χ0n) is 17.9. The van der Waals surface area contributed by atoms with Gasteiger partial charge in [-0.05, 0) is 72.7 Å². The summed E-state index contributed by atoms with van der Waals surface area (Å²) in [5.41, 5.74) is 4.90. The summed E-state index contributed by atoms with van der Waals surface area (Å²) in [5, 5.41) is 7.20. The summed E-state index contributed by atoms with van der Waals surface area (Å²) < 4.78 is 32.2. The quantitative estimate of drug-likeness (QED) is 0.625. The van der Waals surface area contributed by atoms with Crippen molar-refractivity contribution < 1.29 is 18.3 Å². The number of methoxy groups -OCH3 is 1. The Morgan fingerprint density at radius 3 is 2.73 bits per heavy atom. The summed E-state index contributed by atoms with van der Waals surface area (Å²) in [7, 11) is 1.45. The first-order valence-electron chi connectivity index (χ1n) is 10.8. The standard InChI is InChI=1S/C24H22F2N4O2S/c1-32-20-12-27-19(22(25)26)11-18(20)17-10-15(14-5-6-14)7-8-16(17)23(31)28-24-30-29-21(33-24)9-4-13-2-3-13/h7-8,10-14,21-22,29H,2-3,5-6H2,1H3,(H,28,30,31). The lowest BCUT2D eigenvalue weighted by Gasteiger charge is -2.15. The number of hydrogen-bond donors (Lipinski definition) is 2. The van der Waals surface area contributed by atoms with Crippen molar-refractivity contribution in [2.75, 3.05) is 7.11 Å². The molecule has 33 heavy (non-hydrogen) atoms. The predicted octanol–water partition coefficient (Wildman–Crippen LogP) is 4.65. The van der Waals surface area contributed by atoms with E-state index in [2.05, 4.69) is 32.7 Å². The van der Waals surface area contributed by atoms with E-state index >= 15 is 0 Å². The fourth-order valence-electron chi connectivity index (χ4n) is 3.59. The maximum atomic E-state index is 13.4. The molecular weight excluding hydrogens is 446 g/mol. The molecule has 0 spiro atoms. The van der Waals surface area contributed by atoms with E-state index in [1.165, 1.54) is 31.1 Å². The van der Waals surface area contributed by atoms with Gasteiger partial charge in [0, 0.05) is 17.0 Å².